The molecule has 2 fully saturated rings. The number of aryl methyl sites for hydroxylation is 2. The zero-order chi connectivity index (χ0) is 27.0. The molecule has 0 amide bonds. The third kappa shape index (κ3) is 5.68. The first-order chi connectivity index (χ1) is 18.3. The van der Waals surface area contributed by atoms with E-state index in [9.17, 15) is 9.59 Å². The Morgan fingerprint density at radius 2 is 2.11 bits per heavy atom. The molecule has 204 valence electrons. The second-order valence-corrected chi connectivity index (χ2v) is 11.9. The van der Waals surface area contributed by atoms with Crippen LogP contribution in [0.4, 0.5) is 5.13 Å². The van der Waals surface area contributed by atoms with Crippen molar-refractivity contribution in [2.45, 2.75) is 45.6 Å². The van der Waals surface area contributed by atoms with Crippen LogP contribution in [0.3, 0.4) is 0 Å². The molecule has 0 radical (unpaired) electrons. The van der Waals surface area contributed by atoms with Crippen LogP contribution in [-0.4, -0.2) is 68.9 Å². The molecule has 5 rings (SSSR count). The Labute approximate surface area is 238 Å². The summed E-state index contributed by atoms with van der Waals surface area (Å²) < 4.78 is 13.9. The van der Waals surface area contributed by atoms with Crippen molar-refractivity contribution in [3.63, 3.8) is 0 Å². The molecule has 0 unspecified atom stereocenters. The SMILES string of the molecule is CCOC(=O)c1sc(N2CC[C@@H](CC(=O)c3[nH]c(C)c(Cl)c3Br)[C@@H](OCC3CC3)C2)nc1-c1ncnn1C. The largest absolute Gasteiger partial charge is 0.462 e. The van der Waals surface area contributed by atoms with Gasteiger partial charge < -0.3 is 19.4 Å². The average Bonchev–Trinajstić information content (AvgIpc) is 3.37. The Hall–Kier alpha value is -2.28. The van der Waals surface area contributed by atoms with Crippen LogP contribution in [0.1, 0.15) is 58.5 Å². The normalized spacial score (nSPS) is 19.7. The number of anilines is 1. The molecule has 1 saturated carbocycles. The second kappa shape index (κ2) is 11.4. The van der Waals surface area contributed by atoms with Gasteiger partial charge in [-0.15, -0.1) is 0 Å². The van der Waals surface area contributed by atoms with E-state index in [1.807, 2.05) is 6.92 Å². The van der Waals surface area contributed by atoms with Crippen molar-refractivity contribution in [2.24, 2.45) is 18.9 Å². The lowest BCUT2D eigenvalue weighted by Crippen LogP contribution is -2.46. The minimum atomic E-state index is -0.429. The fourth-order valence-corrected chi connectivity index (χ4v) is 6.40. The topological polar surface area (TPSA) is 115 Å². The van der Waals surface area contributed by atoms with Crippen LogP contribution in [-0.2, 0) is 16.5 Å². The van der Waals surface area contributed by atoms with E-state index in [0.717, 1.165) is 12.1 Å². The number of piperidine rings is 1. The third-order valence-corrected chi connectivity index (χ3v) is 9.58. The fraction of sp³-hybridized carbons (Fsp3) is 0.560. The molecular formula is C25H30BrClN6O4S. The van der Waals surface area contributed by atoms with Crippen molar-refractivity contribution >= 4 is 55.8 Å². The van der Waals surface area contributed by atoms with E-state index < -0.39 is 5.97 Å². The number of carbonyl (C=O) groups excluding carboxylic acids is 2. The van der Waals surface area contributed by atoms with Crippen molar-refractivity contribution in [1.29, 1.82) is 0 Å². The number of H-pyrrole nitrogens is 1. The minimum Gasteiger partial charge on any atom is -0.462 e. The van der Waals surface area contributed by atoms with Gasteiger partial charge in [0.25, 0.3) is 0 Å². The van der Waals surface area contributed by atoms with Crippen molar-refractivity contribution in [3.8, 4) is 11.5 Å². The molecule has 3 aromatic heterocycles. The number of thiazole rings is 1. The van der Waals surface area contributed by atoms with Gasteiger partial charge in [0.2, 0.25) is 0 Å². The van der Waals surface area contributed by atoms with E-state index in [-0.39, 0.29) is 24.4 Å². The number of hydrogen-bond donors (Lipinski definition) is 1. The minimum absolute atomic E-state index is 0.00811. The number of rotatable bonds is 10. The van der Waals surface area contributed by atoms with E-state index in [4.69, 9.17) is 26.1 Å². The van der Waals surface area contributed by atoms with Gasteiger partial charge in [-0.1, -0.05) is 22.9 Å². The first-order valence-corrected chi connectivity index (χ1v) is 14.7. The van der Waals surface area contributed by atoms with Gasteiger partial charge in [-0.05, 0) is 60.9 Å². The summed E-state index contributed by atoms with van der Waals surface area (Å²) in [6.07, 6.45) is 4.76. The summed E-state index contributed by atoms with van der Waals surface area (Å²) in [5, 5.41) is 5.37. The summed E-state index contributed by atoms with van der Waals surface area (Å²) in [4.78, 5) is 40.8. The lowest BCUT2D eigenvalue weighted by molar-refractivity contribution is -0.00169. The van der Waals surface area contributed by atoms with Gasteiger partial charge in [0, 0.05) is 38.9 Å². The van der Waals surface area contributed by atoms with Crippen LogP contribution in [0.15, 0.2) is 10.8 Å². The van der Waals surface area contributed by atoms with Crippen LogP contribution in [0.25, 0.3) is 11.5 Å². The summed E-state index contributed by atoms with van der Waals surface area (Å²) in [6.45, 7) is 5.83. The number of Topliss-reactive ketones (excluding diaryl/α,β-unsaturated/α-hetero) is 1. The van der Waals surface area contributed by atoms with Gasteiger partial charge in [0.05, 0.1) is 27.9 Å². The molecule has 10 nitrogen and oxygen atoms in total. The predicted molar refractivity (Wildman–Crippen MR) is 148 cm³/mol. The molecule has 3 aromatic rings. The molecule has 2 atom stereocenters. The van der Waals surface area contributed by atoms with Crippen LogP contribution >= 0.6 is 38.9 Å². The quantitative estimate of drug-likeness (QED) is 0.246. The number of aromatic amines is 1. The molecule has 0 bridgehead atoms. The maximum Gasteiger partial charge on any atom is 0.350 e. The third-order valence-electron chi connectivity index (χ3n) is 6.99. The number of halogens is 2. The molecule has 4 heterocycles. The Balaban J connectivity index is 1.37. The number of ketones is 1. The number of carbonyl (C=O) groups is 2. The number of ether oxygens (including phenoxy) is 2. The number of nitrogens with one attached hydrogen (secondary N) is 1. The maximum atomic E-state index is 13.2. The maximum absolute atomic E-state index is 13.2. The molecule has 1 N–H and O–H groups in total. The summed E-state index contributed by atoms with van der Waals surface area (Å²) in [6, 6.07) is 0. The highest BCUT2D eigenvalue weighted by atomic mass is 79.9. The monoisotopic (exact) mass is 624 g/mol. The van der Waals surface area contributed by atoms with Crippen LogP contribution in [0, 0.1) is 18.8 Å². The highest BCUT2D eigenvalue weighted by molar-refractivity contribution is 9.10. The zero-order valence-electron chi connectivity index (χ0n) is 21.5. The Bertz CT molecular complexity index is 1340. The Kier molecular flexibility index (Phi) is 8.22. The fourth-order valence-electron chi connectivity index (χ4n) is 4.65. The van der Waals surface area contributed by atoms with E-state index in [1.54, 1.807) is 18.7 Å². The number of aromatic nitrogens is 5. The lowest BCUT2D eigenvalue weighted by Gasteiger charge is -2.38. The molecule has 0 spiro atoms. The van der Waals surface area contributed by atoms with Crippen LogP contribution in [0.2, 0.25) is 5.02 Å². The Morgan fingerprint density at radius 1 is 1.32 bits per heavy atom. The average molecular weight is 626 g/mol. The summed E-state index contributed by atoms with van der Waals surface area (Å²) in [7, 11) is 1.76. The highest BCUT2D eigenvalue weighted by Gasteiger charge is 2.36. The summed E-state index contributed by atoms with van der Waals surface area (Å²) in [5.74, 6) is 0.728. The Morgan fingerprint density at radius 3 is 2.74 bits per heavy atom. The molecule has 13 heteroatoms. The summed E-state index contributed by atoms with van der Waals surface area (Å²) >= 11 is 11.0. The van der Waals surface area contributed by atoms with Crippen LogP contribution < -0.4 is 4.90 Å². The van der Waals surface area contributed by atoms with Crippen molar-refractivity contribution in [2.75, 3.05) is 31.2 Å². The van der Waals surface area contributed by atoms with Crippen molar-refractivity contribution in [1.82, 2.24) is 24.7 Å². The molecule has 38 heavy (non-hydrogen) atoms. The molecule has 1 aliphatic heterocycles. The standard InChI is InChI=1S/C25H30BrClN6O4S/c1-4-36-24(35)22-21(23-28-12-29-32(23)3)31-25(38-22)33-8-7-15(17(10-33)37-11-14-5-6-14)9-16(34)20-18(26)19(27)13(2)30-20/h12,14-15,17,30H,4-11H2,1-3H3/t15-,17-/m0/s1. The van der Waals surface area contributed by atoms with Crippen LogP contribution in [0.5, 0.6) is 0 Å². The number of esters is 1. The second-order valence-electron chi connectivity index (χ2n) is 9.79. The molecule has 1 saturated heterocycles. The van der Waals surface area contributed by atoms with Gasteiger partial charge >= 0.3 is 5.97 Å². The van der Waals surface area contributed by atoms with Gasteiger partial charge in [-0.3, -0.25) is 4.79 Å². The van der Waals surface area contributed by atoms with E-state index in [0.29, 0.717) is 68.8 Å². The first kappa shape index (κ1) is 27.3. The number of hydrogen-bond acceptors (Lipinski definition) is 9. The van der Waals surface area contributed by atoms with Gasteiger partial charge in [-0.25, -0.2) is 19.4 Å². The van der Waals surface area contributed by atoms with Gasteiger partial charge in [0.15, 0.2) is 16.7 Å². The van der Waals surface area contributed by atoms with Crippen molar-refractivity contribution < 1.29 is 19.1 Å². The highest BCUT2D eigenvalue weighted by Crippen LogP contribution is 2.38. The molecule has 0 aromatic carbocycles. The first-order valence-electron chi connectivity index (χ1n) is 12.7. The predicted octanol–water partition coefficient (Wildman–Crippen LogP) is 5.06. The smallest absolute Gasteiger partial charge is 0.350 e. The molecule has 2 aliphatic rings. The van der Waals surface area contributed by atoms with E-state index >= 15 is 0 Å². The zero-order valence-corrected chi connectivity index (χ0v) is 24.7. The lowest BCUT2D eigenvalue weighted by atomic mass is 9.88. The molecular weight excluding hydrogens is 596 g/mol. The van der Waals surface area contributed by atoms with E-state index in [2.05, 4.69) is 35.9 Å². The molecule has 1 aliphatic carbocycles. The van der Waals surface area contributed by atoms with Gasteiger partial charge in [0.1, 0.15) is 16.9 Å². The number of nitrogens with zero attached hydrogens (tertiary/aromatic N) is 5. The summed E-state index contributed by atoms with van der Waals surface area (Å²) in [5.41, 5.74) is 1.72. The van der Waals surface area contributed by atoms with Gasteiger partial charge in [-0.2, -0.15) is 5.10 Å². The van der Waals surface area contributed by atoms with E-state index in [1.165, 1.54) is 30.5 Å². The van der Waals surface area contributed by atoms with Crippen molar-refractivity contribution in [3.05, 3.63) is 32.1 Å².